The Labute approximate surface area is 134 Å². The summed E-state index contributed by atoms with van der Waals surface area (Å²) in [6.45, 7) is 2.69. The van der Waals surface area contributed by atoms with Gasteiger partial charge in [-0.1, -0.05) is 18.2 Å². The summed E-state index contributed by atoms with van der Waals surface area (Å²) >= 11 is 0. The van der Waals surface area contributed by atoms with E-state index in [1.807, 2.05) is 11.8 Å². The minimum atomic E-state index is -0.309. The maximum atomic E-state index is 13.8. The third kappa shape index (κ3) is 2.42. The van der Waals surface area contributed by atoms with E-state index in [1.165, 1.54) is 6.07 Å². The molecule has 1 fully saturated rings. The Morgan fingerprint density at radius 1 is 1.26 bits per heavy atom. The fourth-order valence-electron chi connectivity index (χ4n) is 3.88. The van der Waals surface area contributed by atoms with Crippen LogP contribution in [0.3, 0.4) is 0 Å². The van der Waals surface area contributed by atoms with Gasteiger partial charge in [0.1, 0.15) is 17.5 Å². The van der Waals surface area contributed by atoms with Gasteiger partial charge in [0.05, 0.1) is 12.5 Å². The standard InChI is InChI=1S/C17H19FN4O/c1-11-19-20-16-9-13-6-7-14(10-21(11)16)22(13)17(23)8-12-4-2-3-5-15(12)18/h2-5,13-14H,6-10H2,1H3/t13-,14+/m0/s1. The van der Waals surface area contributed by atoms with Crippen molar-refractivity contribution in [2.75, 3.05) is 0 Å². The second-order valence-corrected chi connectivity index (χ2v) is 6.43. The highest BCUT2D eigenvalue weighted by Crippen LogP contribution is 2.32. The average Bonchev–Trinajstić information content (AvgIpc) is 3.01. The van der Waals surface area contributed by atoms with E-state index in [0.717, 1.165) is 37.5 Å². The zero-order valence-electron chi connectivity index (χ0n) is 13.1. The third-order valence-corrected chi connectivity index (χ3v) is 5.03. The van der Waals surface area contributed by atoms with Crippen LogP contribution >= 0.6 is 0 Å². The number of rotatable bonds is 2. The molecule has 1 aromatic heterocycles. The monoisotopic (exact) mass is 314 g/mol. The second kappa shape index (κ2) is 5.44. The van der Waals surface area contributed by atoms with E-state index >= 15 is 0 Å². The van der Waals surface area contributed by atoms with Crippen LogP contribution in [0.5, 0.6) is 0 Å². The number of nitrogens with zero attached hydrogens (tertiary/aromatic N) is 4. The molecular formula is C17H19FN4O. The number of fused-ring (bicyclic) bond motifs is 3. The maximum Gasteiger partial charge on any atom is 0.227 e. The van der Waals surface area contributed by atoms with Gasteiger partial charge < -0.3 is 9.47 Å². The van der Waals surface area contributed by atoms with Crippen LogP contribution in [0.1, 0.15) is 30.1 Å². The smallest absolute Gasteiger partial charge is 0.227 e. The Morgan fingerprint density at radius 2 is 2.04 bits per heavy atom. The fraction of sp³-hybridized carbons (Fsp3) is 0.471. The summed E-state index contributed by atoms with van der Waals surface area (Å²) in [7, 11) is 0. The molecule has 1 saturated heterocycles. The van der Waals surface area contributed by atoms with Crippen molar-refractivity contribution in [3.63, 3.8) is 0 Å². The molecule has 23 heavy (non-hydrogen) atoms. The van der Waals surface area contributed by atoms with Crippen molar-refractivity contribution in [3.8, 4) is 0 Å². The maximum absolute atomic E-state index is 13.8. The molecule has 0 unspecified atom stereocenters. The van der Waals surface area contributed by atoms with Crippen LogP contribution in [-0.2, 0) is 24.2 Å². The lowest BCUT2D eigenvalue weighted by atomic mass is 10.1. The van der Waals surface area contributed by atoms with E-state index in [2.05, 4.69) is 14.8 Å². The van der Waals surface area contributed by atoms with Crippen LogP contribution in [0.4, 0.5) is 4.39 Å². The molecule has 2 aliphatic rings. The van der Waals surface area contributed by atoms with Crippen LogP contribution in [0.2, 0.25) is 0 Å². The summed E-state index contributed by atoms with van der Waals surface area (Å²) in [4.78, 5) is 14.8. The van der Waals surface area contributed by atoms with Gasteiger partial charge >= 0.3 is 0 Å². The number of amides is 1. The Balaban J connectivity index is 1.58. The van der Waals surface area contributed by atoms with Gasteiger partial charge in [0.2, 0.25) is 5.91 Å². The van der Waals surface area contributed by atoms with Gasteiger partial charge in [-0.25, -0.2) is 4.39 Å². The van der Waals surface area contributed by atoms with Crippen molar-refractivity contribution in [1.29, 1.82) is 0 Å². The van der Waals surface area contributed by atoms with Crippen molar-refractivity contribution >= 4 is 5.91 Å². The molecule has 0 spiro atoms. The van der Waals surface area contributed by atoms with Crippen molar-refractivity contribution in [2.45, 2.75) is 51.2 Å². The molecule has 2 bridgehead atoms. The Bertz CT molecular complexity index is 757. The molecule has 5 nitrogen and oxygen atoms in total. The predicted octanol–water partition coefficient (Wildman–Crippen LogP) is 1.88. The Kier molecular flexibility index (Phi) is 3.39. The highest BCUT2D eigenvalue weighted by Gasteiger charge is 2.40. The van der Waals surface area contributed by atoms with Gasteiger partial charge in [0, 0.05) is 19.0 Å². The molecule has 2 aliphatic heterocycles. The highest BCUT2D eigenvalue weighted by molar-refractivity contribution is 5.80. The molecule has 4 rings (SSSR count). The molecule has 2 atom stereocenters. The predicted molar refractivity (Wildman–Crippen MR) is 82.2 cm³/mol. The normalized spacial score (nSPS) is 22.8. The van der Waals surface area contributed by atoms with E-state index in [4.69, 9.17) is 0 Å². The van der Waals surface area contributed by atoms with Gasteiger partial charge in [0.15, 0.2) is 0 Å². The molecule has 0 radical (unpaired) electrons. The van der Waals surface area contributed by atoms with Crippen molar-refractivity contribution in [2.24, 2.45) is 0 Å². The molecule has 2 aromatic rings. The number of aryl methyl sites for hydroxylation is 1. The third-order valence-electron chi connectivity index (χ3n) is 5.03. The van der Waals surface area contributed by atoms with Crippen molar-refractivity contribution < 1.29 is 9.18 Å². The Morgan fingerprint density at radius 3 is 2.87 bits per heavy atom. The van der Waals surface area contributed by atoms with Gasteiger partial charge in [-0.3, -0.25) is 4.79 Å². The SMILES string of the molecule is Cc1nnc2n1C[C@H]1CC[C@@H](C2)N1C(=O)Cc1ccccc1F. The number of benzene rings is 1. The number of hydrogen-bond acceptors (Lipinski definition) is 3. The number of aromatic nitrogens is 3. The summed E-state index contributed by atoms with van der Waals surface area (Å²) in [6, 6.07) is 6.83. The second-order valence-electron chi connectivity index (χ2n) is 6.43. The van der Waals surface area contributed by atoms with Gasteiger partial charge in [-0.2, -0.15) is 0 Å². The first-order chi connectivity index (χ1) is 11.1. The molecule has 0 aliphatic carbocycles. The number of carbonyl (C=O) groups excluding carboxylic acids is 1. The summed E-state index contributed by atoms with van der Waals surface area (Å²) in [5.41, 5.74) is 0.469. The zero-order valence-corrected chi connectivity index (χ0v) is 13.1. The molecule has 120 valence electrons. The van der Waals surface area contributed by atoms with E-state index < -0.39 is 0 Å². The number of halogens is 1. The summed E-state index contributed by atoms with van der Waals surface area (Å²) in [6.07, 6.45) is 2.84. The molecule has 6 heteroatoms. The molecule has 3 heterocycles. The first kappa shape index (κ1) is 14.4. The topological polar surface area (TPSA) is 51.0 Å². The summed E-state index contributed by atoms with van der Waals surface area (Å²) in [5, 5.41) is 8.39. The molecule has 0 saturated carbocycles. The van der Waals surface area contributed by atoms with E-state index in [0.29, 0.717) is 5.56 Å². The zero-order chi connectivity index (χ0) is 16.0. The van der Waals surface area contributed by atoms with Crippen LogP contribution in [0.15, 0.2) is 24.3 Å². The summed E-state index contributed by atoms with van der Waals surface area (Å²) in [5.74, 6) is 1.56. The average molecular weight is 314 g/mol. The highest BCUT2D eigenvalue weighted by atomic mass is 19.1. The van der Waals surface area contributed by atoms with Crippen LogP contribution in [0, 0.1) is 12.7 Å². The minimum absolute atomic E-state index is 0.0129. The van der Waals surface area contributed by atoms with E-state index in [9.17, 15) is 9.18 Å². The lowest BCUT2D eigenvalue weighted by Crippen LogP contribution is -2.43. The van der Waals surface area contributed by atoms with Crippen LogP contribution in [0.25, 0.3) is 0 Å². The molecular weight excluding hydrogens is 295 g/mol. The van der Waals surface area contributed by atoms with Gasteiger partial charge in [-0.15, -0.1) is 10.2 Å². The van der Waals surface area contributed by atoms with Gasteiger partial charge in [-0.05, 0) is 31.4 Å². The van der Waals surface area contributed by atoms with Crippen LogP contribution < -0.4 is 0 Å². The Hall–Kier alpha value is -2.24. The number of hydrogen-bond donors (Lipinski definition) is 0. The van der Waals surface area contributed by atoms with E-state index in [-0.39, 0.29) is 30.2 Å². The number of carbonyl (C=O) groups is 1. The fourth-order valence-corrected chi connectivity index (χ4v) is 3.88. The van der Waals surface area contributed by atoms with Crippen LogP contribution in [-0.4, -0.2) is 37.7 Å². The lowest BCUT2D eigenvalue weighted by molar-refractivity contribution is -0.133. The van der Waals surface area contributed by atoms with Crippen molar-refractivity contribution in [3.05, 3.63) is 47.3 Å². The molecule has 1 aromatic carbocycles. The van der Waals surface area contributed by atoms with E-state index in [1.54, 1.807) is 18.2 Å². The lowest BCUT2D eigenvalue weighted by Gasteiger charge is -2.28. The molecule has 0 N–H and O–H groups in total. The first-order valence-electron chi connectivity index (χ1n) is 8.06. The minimum Gasteiger partial charge on any atom is -0.334 e. The largest absolute Gasteiger partial charge is 0.334 e. The quantitative estimate of drug-likeness (QED) is 0.850. The molecule has 1 amide bonds. The van der Waals surface area contributed by atoms with Crippen molar-refractivity contribution in [1.82, 2.24) is 19.7 Å². The summed E-state index contributed by atoms with van der Waals surface area (Å²) < 4.78 is 16.0. The first-order valence-corrected chi connectivity index (χ1v) is 8.06. The van der Waals surface area contributed by atoms with Gasteiger partial charge in [0.25, 0.3) is 0 Å².